The van der Waals surface area contributed by atoms with Gasteiger partial charge < -0.3 is 10.4 Å². The van der Waals surface area contributed by atoms with E-state index in [1.54, 1.807) is 6.07 Å². The minimum atomic E-state index is -4.47. The number of hydrogen-bond donors (Lipinski definition) is 2. The number of nitrogens with one attached hydrogen (secondary N) is 1. The standard InChI is InChI=1S/C14H12F3NO3/c15-14(16,17)13(6-7-13)18-12(21)10-3-1-2-9(8-10)4-5-11(19)20/h1-5,8H,6-7H2,(H,18,21)(H,19,20)/b5-4+. The molecule has 0 bridgehead atoms. The number of carboxylic acid groups (broad SMARTS) is 1. The maximum absolute atomic E-state index is 12.8. The molecule has 1 aliphatic rings. The van der Waals surface area contributed by atoms with Gasteiger partial charge in [0.1, 0.15) is 5.54 Å². The number of halogens is 3. The number of benzene rings is 1. The number of carbonyl (C=O) groups is 2. The van der Waals surface area contributed by atoms with Gasteiger partial charge in [-0.25, -0.2) is 4.79 Å². The lowest BCUT2D eigenvalue weighted by Crippen LogP contribution is -2.47. The molecular weight excluding hydrogens is 287 g/mol. The first-order valence-electron chi connectivity index (χ1n) is 6.14. The summed E-state index contributed by atoms with van der Waals surface area (Å²) in [6.45, 7) is 0. The van der Waals surface area contributed by atoms with Gasteiger partial charge in [-0.15, -0.1) is 0 Å². The summed E-state index contributed by atoms with van der Waals surface area (Å²) in [4.78, 5) is 22.3. The monoisotopic (exact) mass is 299 g/mol. The molecule has 0 saturated heterocycles. The maximum atomic E-state index is 12.8. The first kappa shape index (κ1) is 15.1. The molecule has 2 N–H and O–H groups in total. The number of aliphatic carboxylic acids is 1. The molecule has 0 aliphatic heterocycles. The first-order chi connectivity index (χ1) is 9.73. The molecule has 112 valence electrons. The third kappa shape index (κ3) is 3.42. The molecule has 1 amide bonds. The highest BCUT2D eigenvalue weighted by Crippen LogP contribution is 2.49. The summed E-state index contributed by atoms with van der Waals surface area (Å²) in [5, 5.41) is 10.5. The van der Waals surface area contributed by atoms with Gasteiger partial charge in [0.2, 0.25) is 0 Å². The van der Waals surface area contributed by atoms with Crippen molar-refractivity contribution in [3.05, 3.63) is 41.5 Å². The van der Waals surface area contributed by atoms with Crippen LogP contribution in [0.2, 0.25) is 0 Å². The fraction of sp³-hybridized carbons (Fsp3) is 0.286. The van der Waals surface area contributed by atoms with E-state index in [1.165, 1.54) is 24.3 Å². The van der Waals surface area contributed by atoms with Crippen LogP contribution in [-0.4, -0.2) is 28.7 Å². The molecule has 0 aromatic heterocycles. The Balaban J connectivity index is 2.14. The van der Waals surface area contributed by atoms with E-state index in [9.17, 15) is 22.8 Å². The molecule has 0 heterocycles. The molecule has 0 unspecified atom stereocenters. The highest BCUT2D eigenvalue weighted by Gasteiger charge is 2.64. The van der Waals surface area contributed by atoms with Crippen LogP contribution in [0, 0.1) is 0 Å². The van der Waals surface area contributed by atoms with Crippen LogP contribution in [0.1, 0.15) is 28.8 Å². The Hall–Kier alpha value is -2.31. The summed E-state index contributed by atoms with van der Waals surface area (Å²) in [5.74, 6) is -1.98. The molecule has 2 rings (SSSR count). The van der Waals surface area contributed by atoms with Gasteiger partial charge >= 0.3 is 12.1 Å². The van der Waals surface area contributed by atoms with Crippen molar-refractivity contribution in [2.45, 2.75) is 24.6 Å². The highest BCUT2D eigenvalue weighted by molar-refractivity contribution is 5.96. The lowest BCUT2D eigenvalue weighted by atomic mass is 10.1. The zero-order chi connectivity index (χ0) is 15.7. The van der Waals surface area contributed by atoms with Gasteiger partial charge in [0, 0.05) is 11.6 Å². The largest absolute Gasteiger partial charge is 0.478 e. The van der Waals surface area contributed by atoms with Crippen LogP contribution >= 0.6 is 0 Å². The van der Waals surface area contributed by atoms with Crippen molar-refractivity contribution >= 4 is 18.0 Å². The average molecular weight is 299 g/mol. The van der Waals surface area contributed by atoms with E-state index in [4.69, 9.17) is 5.11 Å². The number of alkyl halides is 3. The number of hydrogen-bond acceptors (Lipinski definition) is 2. The maximum Gasteiger partial charge on any atom is 0.411 e. The highest BCUT2D eigenvalue weighted by atomic mass is 19.4. The Labute approximate surface area is 118 Å². The van der Waals surface area contributed by atoms with Gasteiger partial charge in [-0.3, -0.25) is 4.79 Å². The van der Waals surface area contributed by atoms with Crippen molar-refractivity contribution in [3.63, 3.8) is 0 Å². The van der Waals surface area contributed by atoms with E-state index < -0.39 is 23.6 Å². The van der Waals surface area contributed by atoms with Crippen LogP contribution in [0.25, 0.3) is 6.08 Å². The second-order valence-corrected chi connectivity index (χ2v) is 4.83. The Morgan fingerprint density at radius 2 is 1.95 bits per heavy atom. The van der Waals surface area contributed by atoms with Crippen LogP contribution in [0.3, 0.4) is 0 Å². The molecule has 1 saturated carbocycles. The fourth-order valence-corrected chi connectivity index (χ4v) is 1.84. The summed E-state index contributed by atoms with van der Waals surface area (Å²) in [7, 11) is 0. The third-order valence-corrected chi connectivity index (χ3v) is 3.21. The van der Waals surface area contributed by atoms with Crippen molar-refractivity contribution in [2.75, 3.05) is 0 Å². The molecule has 21 heavy (non-hydrogen) atoms. The van der Waals surface area contributed by atoms with Gasteiger partial charge in [0.25, 0.3) is 5.91 Å². The van der Waals surface area contributed by atoms with Crippen LogP contribution in [0.15, 0.2) is 30.3 Å². The second kappa shape index (κ2) is 5.23. The molecule has 1 aliphatic carbocycles. The lowest BCUT2D eigenvalue weighted by molar-refractivity contribution is -0.163. The molecule has 4 nitrogen and oxygen atoms in total. The lowest BCUT2D eigenvalue weighted by Gasteiger charge is -2.20. The quantitative estimate of drug-likeness (QED) is 0.840. The molecule has 1 aromatic rings. The molecule has 1 aromatic carbocycles. The van der Waals surface area contributed by atoms with Gasteiger partial charge in [0.05, 0.1) is 0 Å². The van der Waals surface area contributed by atoms with E-state index >= 15 is 0 Å². The molecule has 0 atom stereocenters. The zero-order valence-electron chi connectivity index (χ0n) is 10.8. The fourth-order valence-electron chi connectivity index (χ4n) is 1.84. The van der Waals surface area contributed by atoms with Crippen molar-refractivity contribution in [2.24, 2.45) is 0 Å². The van der Waals surface area contributed by atoms with Gasteiger partial charge in [-0.1, -0.05) is 12.1 Å². The predicted octanol–water partition coefficient (Wildman–Crippen LogP) is 2.61. The van der Waals surface area contributed by atoms with Crippen molar-refractivity contribution in [3.8, 4) is 0 Å². The number of amides is 1. The van der Waals surface area contributed by atoms with Crippen LogP contribution in [-0.2, 0) is 4.79 Å². The number of carbonyl (C=O) groups excluding carboxylic acids is 1. The average Bonchev–Trinajstić information content (AvgIpc) is 3.17. The van der Waals surface area contributed by atoms with Crippen molar-refractivity contribution < 1.29 is 27.9 Å². The zero-order valence-corrected chi connectivity index (χ0v) is 10.8. The number of rotatable bonds is 4. The number of carboxylic acids is 1. The predicted molar refractivity (Wildman–Crippen MR) is 68.6 cm³/mol. The molecule has 7 heteroatoms. The van der Waals surface area contributed by atoms with Gasteiger partial charge in [-0.05, 0) is 36.6 Å². The SMILES string of the molecule is O=C(O)/C=C/c1cccc(C(=O)NC2(C(F)(F)F)CC2)c1. The summed E-state index contributed by atoms with van der Waals surface area (Å²) < 4.78 is 38.3. The van der Waals surface area contributed by atoms with E-state index in [1.807, 2.05) is 5.32 Å². The summed E-state index contributed by atoms with van der Waals surface area (Å²) in [6, 6.07) is 5.73. The molecule has 0 radical (unpaired) electrons. The minimum absolute atomic E-state index is 0.0538. The van der Waals surface area contributed by atoms with E-state index in [0.717, 1.165) is 6.08 Å². The van der Waals surface area contributed by atoms with Gasteiger partial charge in [0.15, 0.2) is 0 Å². The minimum Gasteiger partial charge on any atom is -0.478 e. The Morgan fingerprint density at radius 3 is 2.48 bits per heavy atom. The Kier molecular flexibility index (Phi) is 3.76. The Morgan fingerprint density at radius 1 is 1.29 bits per heavy atom. The molecule has 1 fully saturated rings. The first-order valence-corrected chi connectivity index (χ1v) is 6.14. The van der Waals surface area contributed by atoms with Crippen LogP contribution in [0.4, 0.5) is 13.2 Å². The summed E-state index contributed by atoms with van der Waals surface area (Å²) in [5.41, 5.74) is -1.64. The Bertz CT molecular complexity index is 604. The molecular formula is C14H12F3NO3. The topological polar surface area (TPSA) is 66.4 Å². The second-order valence-electron chi connectivity index (χ2n) is 4.83. The third-order valence-electron chi connectivity index (χ3n) is 3.21. The van der Waals surface area contributed by atoms with Crippen molar-refractivity contribution in [1.29, 1.82) is 0 Å². The van der Waals surface area contributed by atoms with Crippen molar-refractivity contribution in [1.82, 2.24) is 5.32 Å². The van der Waals surface area contributed by atoms with Gasteiger partial charge in [-0.2, -0.15) is 13.2 Å². The smallest absolute Gasteiger partial charge is 0.411 e. The summed E-state index contributed by atoms with van der Waals surface area (Å²) in [6.07, 6.45) is -2.57. The van der Waals surface area contributed by atoms with Crippen LogP contribution < -0.4 is 5.32 Å². The van der Waals surface area contributed by atoms with E-state index in [0.29, 0.717) is 5.56 Å². The molecule has 0 spiro atoms. The van der Waals surface area contributed by atoms with E-state index in [2.05, 4.69) is 0 Å². The summed E-state index contributed by atoms with van der Waals surface area (Å²) >= 11 is 0. The normalized spacial score (nSPS) is 16.7. The van der Waals surface area contributed by atoms with Crippen LogP contribution in [0.5, 0.6) is 0 Å². The van der Waals surface area contributed by atoms with E-state index in [-0.39, 0.29) is 18.4 Å².